The fourth-order valence-corrected chi connectivity index (χ4v) is 2.73. The molecule has 0 spiro atoms. The number of phenolic OH excluding ortho intramolecular Hbond substituents is 1. The van der Waals surface area contributed by atoms with Gasteiger partial charge in [0.05, 0.1) is 10.0 Å². The standard InChI is InChI=1S/C17H19Cl2NO/c1-3-4-12-5-7-13(8-6-12)11(2)20-14-9-15(18)17(21)16(19)10-14/h5-11,20-21H,3-4H2,1-2H3. The summed E-state index contributed by atoms with van der Waals surface area (Å²) in [4.78, 5) is 0. The molecule has 0 bridgehead atoms. The van der Waals surface area contributed by atoms with Gasteiger partial charge in [-0.05, 0) is 36.6 Å². The highest BCUT2D eigenvalue weighted by molar-refractivity contribution is 6.37. The van der Waals surface area contributed by atoms with Gasteiger partial charge in [0.15, 0.2) is 5.75 Å². The lowest BCUT2D eigenvalue weighted by Crippen LogP contribution is -2.06. The molecule has 4 heteroatoms. The summed E-state index contributed by atoms with van der Waals surface area (Å²) < 4.78 is 0. The van der Waals surface area contributed by atoms with Crippen LogP contribution >= 0.6 is 23.2 Å². The summed E-state index contributed by atoms with van der Waals surface area (Å²) in [5.41, 5.74) is 3.33. The normalized spacial score (nSPS) is 12.2. The third-order valence-electron chi connectivity index (χ3n) is 3.42. The van der Waals surface area contributed by atoms with Crippen molar-refractivity contribution in [1.82, 2.24) is 0 Å². The molecule has 0 saturated carbocycles. The minimum Gasteiger partial charge on any atom is -0.505 e. The van der Waals surface area contributed by atoms with Gasteiger partial charge in [0, 0.05) is 11.7 Å². The van der Waals surface area contributed by atoms with E-state index in [1.54, 1.807) is 12.1 Å². The molecule has 0 heterocycles. The van der Waals surface area contributed by atoms with E-state index in [-0.39, 0.29) is 21.8 Å². The second kappa shape index (κ2) is 7.06. The fourth-order valence-electron chi connectivity index (χ4n) is 2.24. The number of halogens is 2. The van der Waals surface area contributed by atoms with Crippen molar-refractivity contribution in [3.63, 3.8) is 0 Å². The number of aryl methyl sites for hydroxylation is 1. The molecule has 112 valence electrons. The summed E-state index contributed by atoms with van der Waals surface area (Å²) in [6.07, 6.45) is 2.25. The molecule has 2 aromatic carbocycles. The molecule has 0 aromatic heterocycles. The van der Waals surface area contributed by atoms with Crippen molar-refractivity contribution in [2.45, 2.75) is 32.7 Å². The van der Waals surface area contributed by atoms with Gasteiger partial charge in [-0.3, -0.25) is 0 Å². The van der Waals surface area contributed by atoms with Crippen LogP contribution < -0.4 is 5.32 Å². The second-order valence-corrected chi connectivity index (χ2v) is 5.96. The molecule has 1 unspecified atom stereocenters. The van der Waals surface area contributed by atoms with E-state index in [4.69, 9.17) is 23.2 Å². The molecule has 0 aliphatic carbocycles. The molecule has 21 heavy (non-hydrogen) atoms. The molecule has 2 rings (SSSR count). The molecular weight excluding hydrogens is 305 g/mol. The van der Waals surface area contributed by atoms with Gasteiger partial charge >= 0.3 is 0 Å². The Kier molecular flexibility index (Phi) is 5.38. The van der Waals surface area contributed by atoms with Gasteiger partial charge in [-0.15, -0.1) is 0 Å². The van der Waals surface area contributed by atoms with Crippen molar-refractivity contribution >= 4 is 28.9 Å². The molecule has 2 aromatic rings. The van der Waals surface area contributed by atoms with Crippen LogP contribution in [-0.4, -0.2) is 5.11 Å². The third-order valence-corrected chi connectivity index (χ3v) is 3.99. The Bertz CT molecular complexity index is 588. The molecule has 0 saturated heterocycles. The Morgan fingerprint density at radius 3 is 2.19 bits per heavy atom. The molecule has 1 atom stereocenters. The molecule has 0 fully saturated rings. The lowest BCUT2D eigenvalue weighted by molar-refractivity contribution is 0.476. The molecule has 0 radical (unpaired) electrons. The van der Waals surface area contributed by atoms with Crippen molar-refractivity contribution in [2.24, 2.45) is 0 Å². The van der Waals surface area contributed by atoms with Crippen LogP contribution in [0, 0.1) is 0 Å². The monoisotopic (exact) mass is 323 g/mol. The van der Waals surface area contributed by atoms with E-state index in [0.717, 1.165) is 18.5 Å². The van der Waals surface area contributed by atoms with Gasteiger partial charge in [0.25, 0.3) is 0 Å². The second-order valence-electron chi connectivity index (χ2n) is 5.15. The first kappa shape index (κ1) is 16.0. The van der Waals surface area contributed by atoms with Crippen LogP contribution in [0.15, 0.2) is 36.4 Å². The van der Waals surface area contributed by atoms with Crippen LogP contribution in [0.25, 0.3) is 0 Å². The number of benzene rings is 2. The predicted octanol–water partition coefficient (Wildman–Crippen LogP) is 5.82. The maximum absolute atomic E-state index is 9.57. The van der Waals surface area contributed by atoms with Crippen LogP contribution in [0.2, 0.25) is 10.0 Å². The first-order chi connectivity index (χ1) is 10.0. The molecular formula is C17H19Cl2NO. The minimum atomic E-state index is -0.0829. The SMILES string of the molecule is CCCc1ccc(C(C)Nc2cc(Cl)c(O)c(Cl)c2)cc1. The van der Waals surface area contributed by atoms with Crippen molar-refractivity contribution in [2.75, 3.05) is 5.32 Å². The van der Waals surface area contributed by atoms with Crippen LogP contribution in [0.5, 0.6) is 5.75 Å². The molecule has 0 amide bonds. The molecule has 2 nitrogen and oxygen atoms in total. The van der Waals surface area contributed by atoms with Crippen LogP contribution in [0.1, 0.15) is 37.4 Å². The topological polar surface area (TPSA) is 32.3 Å². The van der Waals surface area contributed by atoms with E-state index in [2.05, 4.69) is 43.4 Å². The Labute approximate surface area is 135 Å². The van der Waals surface area contributed by atoms with Gasteiger partial charge in [-0.25, -0.2) is 0 Å². The zero-order valence-electron chi connectivity index (χ0n) is 12.2. The summed E-state index contributed by atoms with van der Waals surface area (Å²) in [6.45, 7) is 4.25. The largest absolute Gasteiger partial charge is 0.505 e. The Hall–Kier alpha value is -1.38. The summed E-state index contributed by atoms with van der Waals surface area (Å²) >= 11 is 11.9. The molecule has 2 N–H and O–H groups in total. The highest BCUT2D eigenvalue weighted by Gasteiger charge is 2.10. The van der Waals surface area contributed by atoms with Gasteiger partial charge in [0.2, 0.25) is 0 Å². The lowest BCUT2D eigenvalue weighted by Gasteiger charge is -2.17. The Morgan fingerprint density at radius 1 is 1.10 bits per heavy atom. The predicted molar refractivity (Wildman–Crippen MR) is 90.6 cm³/mol. The van der Waals surface area contributed by atoms with E-state index in [1.165, 1.54) is 11.1 Å². The highest BCUT2D eigenvalue weighted by atomic mass is 35.5. The van der Waals surface area contributed by atoms with Gasteiger partial charge in [-0.1, -0.05) is 60.8 Å². The summed E-state index contributed by atoms with van der Waals surface area (Å²) in [7, 11) is 0. The quantitative estimate of drug-likeness (QED) is 0.679. The van der Waals surface area contributed by atoms with Gasteiger partial charge in [-0.2, -0.15) is 0 Å². The first-order valence-electron chi connectivity index (χ1n) is 7.04. The van der Waals surface area contributed by atoms with E-state index in [1.807, 2.05) is 0 Å². The van der Waals surface area contributed by atoms with Crippen molar-refractivity contribution in [1.29, 1.82) is 0 Å². The Balaban J connectivity index is 2.12. The number of hydrogen-bond donors (Lipinski definition) is 2. The summed E-state index contributed by atoms with van der Waals surface area (Å²) in [5, 5.41) is 13.4. The number of rotatable bonds is 5. The van der Waals surface area contributed by atoms with E-state index >= 15 is 0 Å². The highest BCUT2D eigenvalue weighted by Crippen LogP contribution is 2.35. The average Bonchev–Trinajstić information content (AvgIpc) is 2.45. The summed E-state index contributed by atoms with van der Waals surface area (Å²) in [5.74, 6) is -0.0829. The fraction of sp³-hybridized carbons (Fsp3) is 0.294. The first-order valence-corrected chi connectivity index (χ1v) is 7.80. The number of aromatic hydroxyl groups is 1. The third kappa shape index (κ3) is 4.05. The van der Waals surface area contributed by atoms with Gasteiger partial charge < -0.3 is 10.4 Å². The van der Waals surface area contributed by atoms with Crippen molar-refractivity contribution in [3.05, 3.63) is 57.6 Å². The minimum absolute atomic E-state index is 0.0829. The van der Waals surface area contributed by atoms with Crippen LogP contribution in [-0.2, 0) is 6.42 Å². The van der Waals surface area contributed by atoms with Crippen molar-refractivity contribution in [3.8, 4) is 5.75 Å². The zero-order chi connectivity index (χ0) is 15.4. The molecule has 0 aliphatic rings. The maximum Gasteiger partial charge on any atom is 0.152 e. The number of anilines is 1. The van der Waals surface area contributed by atoms with Crippen LogP contribution in [0.4, 0.5) is 5.69 Å². The van der Waals surface area contributed by atoms with E-state index < -0.39 is 0 Å². The van der Waals surface area contributed by atoms with E-state index in [9.17, 15) is 5.11 Å². The molecule has 0 aliphatic heterocycles. The van der Waals surface area contributed by atoms with Gasteiger partial charge in [0.1, 0.15) is 0 Å². The van der Waals surface area contributed by atoms with Crippen molar-refractivity contribution < 1.29 is 5.11 Å². The maximum atomic E-state index is 9.57. The number of hydrogen-bond acceptors (Lipinski definition) is 2. The Morgan fingerprint density at radius 2 is 1.67 bits per heavy atom. The summed E-state index contributed by atoms with van der Waals surface area (Å²) in [6, 6.07) is 12.0. The number of phenols is 1. The average molecular weight is 324 g/mol. The van der Waals surface area contributed by atoms with E-state index in [0.29, 0.717) is 0 Å². The number of nitrogens with one attached hydrogen (secondary N) is 1. The zero-order valence-corrected chi connectivity index (χ0v) is 13.7. The lowest BCUT2D eigenvalue weighted by atomic mass is 10.0. The van der Waals surface area contributed by atoms with Crippen LogP contribution in [0.3, 0.4) is 0 Å². The smallest absolute Gasteiger partial charge is 0.152 e.